The molecule has 0 fully saturated rings. The molecule has 135 heavy (non-hydrogen) atoms. The number of carbonyl (C=O) groups excluding carboxylic acids is 17. The molecule has 0 aliphatic carbocycles. The predicted octanol–water partition coefficient (Wildman–Crippen LogP) is 3.36. The standard InChI is InChI=1S/C96H129N9O29S/c1-8-54(4)87(83(119)42-62(36-59-23-28-66(110)29-24-59)90(128)100-75(35-53(2)3)79(115)40-63(44-85(122)123)89(127)99-55(5)17-14-15-33-97)104-92(130)65(49-106)43-80(116)76(38-60-25-30-67(111)31-26-60)101-91(129)64(45-86(124)125)41-81(117)78(50-107)103-94(132)74(57(7)109)47-82(118)77(37-58-18-10-9-11-19-58)102-93(131)73(56(6)108)46-69(113)48-98-88(126)61(27-32-84(120)121)39-70(114)52-135-51-68(112)20-16-34-105-95(133)71-21-12-13-22-72(71)96(105)134/h9-13,18-19,21-26,28-31,53-57,61-65,73-78,87,106-111H,8,14-17,20,27,32-52,97H2,1-7H3,(H,98,126)(H,99,127)(H,100,128)(H,101,129)(H,102,131)(H,103,132)(H,104,130)(H,120,121)(H,122,123)(H,124,125)/t54-,55+,56+,57+,61+,62+,63-,64-,65-,73-,74-,75-,76-,77-,78-,87-/m0/s1. The molecular formula is C96H129N9O29S. The highest BCUT2D eigenvalue weighted by Gasteiger charge is 2.42. The first kappa shape index (κ1) is 113. The summed E-state index contributed by atoms with van der Waals surface area (Å²) in [5.74, 6) is -31.3. The van der Waals surface area contributed by atoms with Gasteiger partial charge < -0.3 is 88.9 Å². The molecule has 1 aliphatic heterocycles. The maximum absolute atomic E-state index is 14.9. The minimum Gasteiger partial charge on any atom is -0.508 e. The third-order valence-electron chi connectivity index (χ3n) is 23.4. The van der Waals surface area contributed by atoms with Crippen molar-refractivity contribution in [2.24, 2.45) is 59.0 Å². The Hall–Kier alpha value is -12.2. The highest BCUT2D eigenvalue weighted by Crippen LogP contribution is 2.28. The number of unbranched alkanes of at least 4 members (excludes halogenated alkanes) is 1. The minimum absolute atomic E-state index is 0.0152. The number of aliphatic hydroxyl groups is 4. The van der Waals surface area contributed by atoms with Crippen LogP contribution in [0.5, 0.6) is 11.5 Å². The normalized spacial score (nSPS) is 15.4. The van der Waals surface area contributed by atoms with Gasteiger partial charge in [0.05, 0.1) is 121 Å². The van der Waals surface area contributed by atoms with Gasteiger partial charge >= 0.3 is 17.9 Å². The van der Waals surface area contributed by atoms with Gasteiger partial charge in [0.1, 0.15) is 29.1 Å². The smallest absolute Gasteiger partial charge is 0.304 e. The quantitative estimate of drug-likeness (QED) is 0.0222. The first-order valence-corrected chi connectivity index (χ1v) is 46.4. The van der Waals surface area contributed by atoms with Gasteiger partial charge in [-0.2, -0.15) is 0 Å². The third kappa shape index (κ3) is 39.0. The van der Waals surface area contributed by atoms with E-state index in [1.807, 2.05) is 0 Å². The summed E-state index contributed by atoms with van der Waals surface area (Å²) in [5, 5.41) is 111. The fourth-order valence-electron chi connectivity index (χ4n) is 15.4. The van der Waals surface area contributed by atoms with Gasteiger partial charge in [0.15, 0.2) is 34.7 Å². The van der Waals surface area contributed by atoms with Gasteiger partial charge in [-0.3, -0.25) is 101 Å². The molecule has 4 aromatic carbocycles. The van der Waals surface area contributed by atoms with Crippen LogP contribution in [-0.2, 0) is 106 Å². The van der Waals surface area contributed by atoms with Crippen molar-refractivity contribution in [3.05, 3.63) is 131 Å². The number of ketones is 8. The van der Waals surface area contributed by atoms with Crippen LogP contribution in [-0.4, -0.2) is 261 Å². The Bertz CT molecular complexity index is 4740. The summed E-state index contributed by atoms with van der Waals surface area (Å²) >= 11 is 0.929. The van der Waals surface area contributed by atoms with Crippen LogP contribution in [0.25, 0.3) is 0 Å². The van der Waals surface area contributed by atoms with E-state index in [0.717, 1.165) is 30.5 Å². The first-order valence-electron chi connectivity index (χ1n) is 45.2. The molecule has 1 heterocycles. The molecule has 0 spiro atoms. The lowest BCUT2D eigenvalue weighted by Gasteiger charge is -2.28. The lowest BCUT2D eigenvalue weighted by atomic mass is 9.85. The number of thioether (sulfide) groups is 1. The number of fused-ring (bicyclic) bond motifs is 1. The molecular weight excluding hydrogens is 1780 g/mol. The van der Waals surface area contributed by atoms with E-state index in [0.29, 0.717) is 36.9 Å². The molecule has 9 amide bonds. The summed E-state index contributed by atoms with van der Waals surface area (Å²) in [5.41, 5.74) is 7.27. The number of hydrogen-bond donors (Lipinski definition) is 17. The number of carboxylic acid groups (broad SMARTS) is 3. The number of Topliss-reactive ketones (excluding diaryl/α,β-unsaturated/α-hetero) is 8. The predicted molar refractivity (Wildman–Crippen MR) is 490 cm³/mol. The second-order valence-electron chi connectivity index (χ2n) is 35.0. The number of phenols is 2. The van der Waals surface area contributed by atoms with Gasteiger partial charge in [0.2, 0.25) is 41.4 Å². The van der Waals surface area contributed by atoms with Crippen molar-refractivity contribution >= 4 is 129 Å². The molecule has 0 radical (unpaired) electrons. The summed E-state index contributed by atoms with van der Waals surface area (Å²) in [7, 11) is 0. The van der Waals surface area contributed by atoms with Crippen molar-refractivity contribution in [2.75, 3.05) is 44.4 Å². The summed E-state index contributed by atoms with van der Waals surface area (Å²) in [6.45, 7) is 8.09. The fourth-order valence-corrected chi connectivity index (χ4v) is 16.2. The SMILES string of the molecule is CC[C@H](C)[C@H](NC(=O)[C@H](CO)CC(=O)[C@H](Cc1ccc(O)cc1)NC(=O)[C@H](CC(=O)O)CC(=O)[C@H](CO)NC(=O)[C@@H](CC(=O)[C@H](Cc1ccccc1)NC(=O)[C@@H](CC(=O)CNC(=O)[C@H](CCC(=O)O)CC(=O)CSCC(=O)CCCN1C(=O)c2ccccc2C1=O)[C@@H](C)O)[C@@H](C)O)C(=O)C[C@@H](Cc1ccc(O)cc1)C(=O)N[C@@H](CC(C)C)C(=O)C[C@@H](CC(=O)O)C(=O)N[C@H](C)CCCCN. The van der Waals surface area contributed by atoms with Crippen LogP contribution < -0.4 is 43.0 Å². The van der Waals surface area contributed by atoms with Gasteiger partial charge in [0.25, 0.3) is 11.8 Å². The Labute approximate surface area is 786 Å². The Morgan fingerprint density at radius 2 is 0.859 bits per heavy atom. The number of nitrogens with two attached hydrogens (primary N) is 1. The van der Waals surface area contributed by atoms with E-state index in [1.54, 1.807) is 77.1 Å². The molecule has 0 aromatic heterocycles. The van der Waals surface area contributed by atoms with E-state index in [4.69, 9.17) is 5.73 Å². The zero-order valence-corrected chi connectivity index (χ0v) is 77.9. The molecule has 39 heteroatoms. The maximum atomic E-state index is 14.9. The van der Waals surface area contributed by atoms with Crippen LogP contribution in [0.3, 0.4) is 0 Å². The number of amides is 9. The van der Waals surface area contributed by atoms with Gasteiger partial charge in [-0.1, -0.05) is 107 Å². The largest absolute Gasteiger partial charge is 0.508 e. The van der Waals surface area contributed by atoms with E-state index in [1.165, 1.54) is 60.7 Å². The highest BCUT2D eigenvalue weighted by molar-refractivity contribution is 8.00. The van der Waals surface area contributed by atoms with Gasteiger partial charge in [-0.15, -0.1) is 11.8 Å². The number of aromatic hydroxyl groups is 2. The van der Waals surface area contributed by atoms with E-state index < -0.39 is 298 Å². The Kier molecular flexibility index (Phi) is 48.3. The lowest BCUT2D eigenvalue weighted by Crippen LogP contribution is -2.52. The Balaban J connectivity index is 1.28. The van der Waals surface area contributed by atoms with Crippen LogP contribution in [0.2, 0.25) is 0 Å². The second kappa shape index (κ2) is 57.5. The summed E-state index contributed by atoms with van der Waals surface area (Å²) in [6, 6.07) is 16.7. The van der Waals surface area contributed by atoms with E-state index >= 15 is 0 Å². The number of imide groups is 1. The second-order valence-corrected chi connectivity index (χ2v) is 36.0. The zero-order valence-electron chi connectivity index (χ0n) is 77.1. The van der Waals surface area contributed by atoms with Crippen molar-refractivity contribution in [1.82, 2.24) is 42.1 Å². The summed E-state index contributed by atoms with van der Waals surface area (Å²) in [4.78, 5) is 274. The molecule has 0 bridgehead atoms. The average Bonchev–Trinajstić information content (AvgIpc) is 1.64. The summed E-state index contributed by atoms with van der Waals surface area (Å²) < 4.78 is 0. The lowest BCUT2D eigenvalue weighted by molar-refractivity contribution is -0.143. The number of phenolic OH excluding ortho intramolecular Hbond substituents is 2. The van der Waals surface area contributed by atoms with E-state index in [-0.39, 0.29) is 103 Å². The number of benzene rings is 4. The van der Waals surface area contributed by atoms with Crippen molar-refractivity contribution in [3.8, 4) is 11.5 Å². The molecule has 5 rings (SSSR count). The zero-order chi connectivity index (χ0) is 100. The first-order chi connectivity index (χ1) is 63.9. The third-order valence-corrected chi connectivity index (χ3v) is 24.5. The highest BCUT2D eigenvalue weighted by atomic mass is 32.2. The van der Waals surface area contributed by atoms with Gasteiger partial charge in [-0.25, -0.2) is 0 Å². The minimum atomic E-state index is -2.00. The van der Waals surface area contributed by atoms with Crippen LogP contribution in [0.15, 0.2) is 103 Å². The monoisotopic (exact) mass is 1900 g/mol. The number of aliphatic carboxylic acids is 3. The molecule has 16 atom stereocenters. The maximum Gasteiger partial charge on any atom is 0.304 e. The summed E-state index contributed by atoms with van der Waals surface area (Å²) in [6.07, 6.45) is -10.2. The fraction of sp³-hybridized carbons (Fsp3) is 0.542. The van der Waals surface area contributed by atoms with Gasteiger partial charge in [0, 0.05) is 82.2 Å². The Morgan fingerprint density at radius 1 is 0.407 bits per heavy atom. The number of hydrogen-bond acceptors (Lipinski definition) is 28. The number of aliphatic hydroxyl groups excluding tert-OH is 4. The molecule has 0 saturated carbocycles. The van der Waals surface area contributed by atoms with Crippen molar-refractivity contribution < 1.29 is 142 Å². The number of rotatable bonds is 67. The van der Waals surface area contributed by atoms with E-state index in [2.05, 4.69) is 37.2 Å². The molecule has 1 aliphatic rings. The molecule has 4 aromatic rings. The molecule has 38 nitrogen and oxygen atoms in total. The van der Waals surface area contributed by atoms with Crippen LogP contribution in [0, 0.1) is 53.3 Å². The average molecular weight is 1910 g/mol. The number of nitrogens with zero attached hydrogens (tertiary/aromatic N) is 1. The van der Waals surface area contributed by atoms with E-state index in [9.17, 15) is 142 Å². The van der Waals surface area contributed by atoms with Crippen LogP contribution in [0.1, 0.15) is 201 Å². The van der Waals surface area contributed by atoms with Gasteiger partial charge in [-0.05, 0) is 144 Å². The van der Waals surface area contributed by atoms with Crippen LogP contribution in [0.4, 0.5) is 0 Å². The van der Waals surface area contributed by atoms with Crippen molar-refractivity contribution in [3.63, 3.8) is 0 Å². The molecule has 18 N–H and O–H groups in total. The molecule has 0 saturated heterocycles. The molecule has 0 unspecified atom stereocenters. The molecule has 738 valence electrons. The van der Waals surface area contributed by atoms with Crippen molar-refractivity contribution in [1.29, 1.82) is 0 Å². The number of nitrogens with one attached hydrogen (secondary N) is 7. The number of carboxylic acids is 3. The topological polar surface area (TPSA) is 637 Å². The Morgan fingerprint density at radius 3 is 1.37 bits per heavy atom. The van der Waals surface area contributed by atoms with Crippen molar-refractivity contribution in [2.45, 2.75) is 232 Å². The number of carbonyl (C=O) groups is 20. The van der Waals surface area contributed by atoms with Crippen LogP contribution >= 0.6 is 11.8 Å².